The maximum absolute atomic E-state index is 12.6. The lowest BCUT2D eigenvalue weighted by Gasteiger charge is -2.06. The van der Waals surface area contributed by atoms with E-state index in [2.05, 4.69) is 20.5 Å². The van der Waals surface area contributed by atoms with Crippen molar-refractivity contribution in [3.05, 3.63) is 71.2 Å². The molecular weight excluding hydrogens is 373 g/mol. The largest absolute Gasteiger partial charge is 0.416 e. The number of aromatic amines is 1. The quantitative estimate of drug-likeness (QED) is 0.346. The van der Waals surface area contributed by atoms with Crippen LogP contribution in [0.2, 0.25) is 0 Å². The van der Waals surface area contributed by atoms with Crippen LogP contribution >= 0.6 is 11.3 Å². The van der Waals surface area contributed by atoms with Gasteiger partial charge in [-0.1, -0.05) is 30.3 Å². The molecule has 136 valence electrons. The molecule has 0 atom stereocenters. The molecule has 0 aliphatic rings. The highest BCUT2D eigenvalue weighted by atomic mass is 32.1. The molecule has 0 aliphatic carbocycles. The second kappa shape index (κ2) is 6.88. The number of hydrogen-bond donors (Lipinski definition) is 2. The van der Waals surface area contributed by atoms with Gasteiger partial charge >= 0.3 is 6.18 Å². The smallest absolute Gasteiger partial charge is 0.361 e. The van der Waals surface area contributed by atoms with Crippen LogP contribution in [0.1, 0.15) is 11.1 Å². The van der Waals surface area contributed by atoms with Crippen molar-refractivity contribution < 1.29 is 13.2 Å². The molecule has 4 aromatic rings. The molecular formula is C19H13F3N4S. The number of benzene rings is 2. The Hall–Kier alpha value is -3.13. The number of hydrogen-bond acceptors (Lipinski definition) is 4. The SMILES string of the molecule is FC(F)(F)c1ccc(-c2csc(N/N=C/c3c[nH]c4ccccc34)n2)cc1. The number of H-pyrrole nitrogens is 1. The number of rotatable bonds is 4. The lowest BCUT2D eigenvalue weighted by Crippen LogP contribution is -2.03. The van der Waals surface area contributed by atoms with Crippen molar-refractivity contribution in [3.63, 3.8) is 0 Å². The van der Waals surface area contributed by atoms with Crippen LogP contribution in [-0.2, 0) is 6.18 Å². The number of halogens is 3. The second-order valence-electron chi connectivity index (χ2n) is 5.77. The first-order chi connectivity index (χ1) is 13.0. The van der Waals surface area contributed by atoms with Crippen molar-refractivity contribution >= 4 is 33.6 Å². The molecule has 2 aromatic carbocycles. The molecule has 0 bridgehead atoms. The minimum Gasteiger partial charge on any atom is -0.361 e. The van der Waals surface area contributed by atoms with Crippen molar-refractivity contribution in [1.82, 2.24) is 9.97 Å². The first-order valence-electron chi connectivity index (χ1n) is 7.99. The third-order valence-corrected chi connectivity index (χ3v) is 4.74. The Kier molecular flexibility index (Phi) is 4.41. The normalized spacial score (nSPS) is 12.1. The molecule has 27 heavy (non-hydrogen) atoms. The molecule has 0 amide bonds. The number of fused-ring (bicyclic) bond motifs is 1. The van der Waals surface area contributed by atoms with Crippen molar-refractivity contribution in [2.45, 2.75) is 6.18 Å². The van der Waals surface area contributed by atoms with Crippen molar-refractivity contribution in [2.24, 2.45) is 5.10 Å². The summed E-state index contributed by atoms with van der Waals surface area (Å²) in [5.41, 5.74) is 5.36. The maximum atomic E-state index is 12.6. The number of nitrogens with one attached hydrogen (secondary N) is 2. The molecule has 0 aliphatic heterocycles. The van der Waals surface area contributed by atoms with E-state index in [1.54, 1.807) is 11.6 Å². The summed E-state index contributed by atoms with van der Waals surface area (Å²) in [6.07, 6.45) is -0.784. The van der Waals surface area contributed by atoms with Gasteiger partial charge in [0, 0.05) is 33.6 Å². The van der Waals surface area contributed by atoms with Crippen LogP contribution in [-0.4, -0.2) is 16.2 Å². The zero-order valence-electron chi connectivity index (χ0n) is 13.8. The van der Waals surface area contributed by atoms with Crippen LogP contribution < -0.4 is 5.43 Å². The van der Waals surface area contributed by atoms with E-state index in [-0.39, 0.29) is 0 Å². The van der Waals surface area contributed by atoms with Gasteiger partial charge in [-0.3, -0.25) is 5.43 Å². The van der Waals surface area contributed by atoms with Crippen LogP contribution in [0.5, 0.6) is 0 Å². The minimum atomic E-state index is -4.34. The molecule has 2 N–H and O–H groups in total. The van der Waals surface area contributed by atoms with Crippen LogP contribution in [0, 0.1) is 0 Å². The Morgan fingerprint density at radius 2 is 1.85 bits per heavy atom. The Bertz CT molecular complexity index is 1090. The molecule has 2 aromatic heterocycles. The van der Waals surface area contributed by atoms with Gasteiger partial charge < -0.3 is 4.98 Å². The van der Waals surface area contributed by atoms with E-state index in [9.17, 15) is 13.2 Å². The van der Waals surface area contributed by atoms with Crippen LogP contribution in [0.3, 0.4) is 0 Å². The van der Waals surface area contributed by atoms with E-state index < -0.39 is 11.7 Å². The number of hydrazone groups is 1. The van der Waals surface area contributed by atoms with Gasteiger partial charge in [0.25, 0.3) is 0 Å². The summed E-state index contributed by atoms with van der Waals surface area (Å²) >= 11 is 1.33. The van der Waals surface area contributed by atoms with E-state index in [1.165, 1.54) is 23.5 Å². The molecule has 2 heterocycles. The lowest BCUT2D eigenvalue weighted by molar-refractivity contribution is -0.137. The molecule has 0 saturated carbocycles. The van der Waals surface area contributed by atoms with Gasteiger partial charge in [0.1, 0.15) is 0 Å². The summed E-state index contributed by atoms with van der Waals surface area (Å²) in [6, 6.07) is 12.8. The van der Waals surface area contributed by atoms with Gasteiger partial charge in [-0.25, -0.2) is 4.98 Å². The average molecular weight is 386 g/mol. The standard InChI is InChI=1S/C19H13F3N4S/c20-19(21,22)14-7-5-12(6-8-14)17-11-27-18(25-17)26-24-10-13-9-23-16-4-2-1-3-15(13)16/h1-11,23H,(H,25,26)/b24-10+. The molecule has 4 rings (SSSR count). The van der Waals surface area contributed by atoms with Gasteiger partial charge in [-0.15, -0.1) is 11.3 Å². The van der Waals surface area contributed by atoms with E-state index >= 15 is 0 Å². The Morgan fingerprint density at radius 1 is 1.07 bits per heavy atom. The number of nitrogens with zero attached hydrogens (tertiary/aromatic N) is 2. The Labute approximate surface area is 156 Å². The fraction of sp³-hybridized carbons (Fsp3) is 0.0526. The van der Waals surface area contributed by atoms with Crippen molar-refractivity contribution in [3.8, 4) is 11.3 Å². The second-order valence-corrected chi connectivity index (χ2v) is 6.63. The first-order valence-corrected chi connectivity index (χ1v) is 8.87. The minimum absolute atomic E-state index is 0.556. The molecule has 0 spiro atoms. The van der Waals surface area contributed by atoms with Gasteiger partial charge in [0.05, 0.1) is 17.5 Å². The average Bonchev–Trinajstić information content (AvgIpc) is 3.29. The van der Waals surface area contributed by atoms with Gasteiger partial charge in [0.2, 0.25) is 5.13 Å². The molecule has 4 nitrogen and oxygen atoms in total. The predicted molar refractivity (Wildman–Crippen MR) is 102 cm³/mol. The van der Waals surface area contributed by atoms with Crippen LogP contribution in [0.15, 0.2) is 65.2 Å². The Balaban J connectivity index is 1.47. The third-order valence-electron chi connectivity index (χ3n) is 4.00. The van der Waals surface area contributed by atoms with Crippen LogP contribution in [0.4, 0.5) is 18.3 Å². The summed E-state index contributed by atoms with van der Waals surface area (Å²) in [6.45, 7) is 0. The van der Waals surface area contributed by atoms with Crippen molar-refractivity contribution in [2.75, 3.05) is 5.43 Å². The van der Waals surface area contributed by atoms with E-state index in [0.29, 0.717) is 16.4 Å². The first kappa shape index (κ1) is 17.3. The van der Waals surface area contributed by atoms with Gasteiger partial charge in [-0.2, -0.15) is 18.3 Å². The number of aromatic nitrogens is 2. The molecule has 0 radical (unpaired) electrons. The summed E-state index contributed by atoms with van der Waals surface area (Å²) in [5, 5.41) is 7.58. The van der Waals surface area contributed by atoms with Gasteiger partial charge in [-0.05, 0) is 18.2 Å². The maximum Gasteiger partial charge on any atom is 0.416 e. The van der Waals surface area contributed by atoms with Crippen LogP contribution in [0.25, 0.3) is 22.2 Å². The molecule has 8 heteroatoms. The third kappa shape index (κ3) is 3.70. The predicted octanol–water partition coefficient (Wildman–Crippen LogP) is 5.76. The highest BCUT2D eigenvalue weighted by Crippen LogP contribution is 2.31. The van der Waals surface area contributed by atoms with Crippen molar-refractivity contribution in [1.29, 1.82) is 0 Å². The summed E-state index contributed by atoms with van der Waals surface area (Å²) in [7, 11) is 0. The zero-order valence-corrected chi connectivity index (χ0v) is 14.6. The van der Waals surface area contributed by atoms with Gasteiger partial charge in [0.15, 0.2) is 0 Å². The lowest BCUT2D eigenvalue weighted by atomic mass is 10.1. The summed E-state index contributed by atoms with van der Waals surface area (Å²) < 4.78 is 37.9. The van der Waals surface area contributed by atoms with E-state index in [1.807, 2.05) is 30.5 Å². The number of anilines is 1. The highest BCUT2D eigenvalue weighted by molar-refractivity contribution is 7.14. The molecule has 0 fully saturated rings. The summed E-state index contributed by atoms with van der Waals surface area (Å²) in [5.74, 6) is 0. The fourth-order valence-electron chi connectivity index (χ4n) is 2.65. The Morgan fingerprint density at radius 3 is 2.63 bits per heavy atom. The molecule has 0 unspecified atom stereocenters. The zero-order chi connectivity index (χ0) is 18.9. The highest BCUT2D eigenvalue weighted by Gasteiger charge is 2.30. The fourth-order valence-corrected chi connectivity index (χ4v) is 3.31. The molecule has 0 saturated heterocycles. The number of thiazole rings is 1. The summed E-state index contributed by atoms with van der Waals surface area (Å²) in [4.78, 5) is 7.52. The number of para-hydroxylation sites is 1. The van der Waals surface area contributed by atoms with E-state index in [0.717, 1.165) is 28.6 Å². The monoisotopic (exact) mass is 386 g/mol. The number of alkyl halides is 3. The topological polar surface area (TPSA) is 53.1 Å². The van der Waals surface area contributed by atoms with E-state index in [4.69, 9.17) is 0 Å².